The highest BCUT2D eigenvalue weighted by molar-refractivity contribution is 6.12. The first-order chi connectivity index (χ1) is 11.8. The molecular weight excluding hydrogens is 298 g/mol. The number of hydrogen-bond acceptors (Lipinski definition) is 2. The van der Waals surface area contributed by atoms with E-state index in [4.69, 9.17) is 4.74 Å². The summed E-state index contributed by atoms with van der Waals surface area (Å²) in [5.41, 5.74) is 3.89. The number of aryl methyl sites for hydroxylation is 2. The van der Waals surface area contributed by atoms with E-state index in [1.54, 1.807) is 0 Å². The van der Waals surface area contributed by atoms with E-state index < -0.39 is 0 Å². The van der Waals surface area contributed by atoms with Gasteiger partial charge < -0.3 is 10.1 Å². The Kier molecular flexibility index (Phi) is 3.85. The summed E-state index contributed by atoms with van der Waals surface area (Å²) in [5.74, 6) is 0. The minimum Gasteiger partial charge on any atom is -0.445 e. The van der Waals surface area contributed by atoms with Crippen LogP contribution in [0.1, 0.15) is 30.0 Å². The second kappa shape index (κ2) is 6.16. The highest BCUT2D eigenvalue weighted by Gasteiger charge is 2.17. The summed E-state index contributed by atoms with van der Waals surface area (Å²) < 4.78 is 5.39. The van der Waals surface area contributed by atoms with Crippen molar-refractivity contribution >= 4 is 27.6 Å². The van der Waals surface area contributed by atoms with E-state index in [1.165, 1.54) is 32.7 Å². The summed E-state index contributed by atoms with van der Waals surface area (Å²) >= 11 is 0. The smallest absolute Gasteiger partial charge is 0.407 e. The van der Waals surface area contributed by atoms with Crippen LogP contribution in [-0.4, -0.2) is 12.6 Å². The van der Waals surface area contributed by atoms with Crippen LogP contribution in [-0.2, 0) is 24.2 Å². The van der Waals surface area contributed by atoms with Crippen molar-refractivity contribution in [2.75, 3.05) is 6.54 Å². The zero-order valence-corrected chi connectivity index (χ0v) is 13.9. The van der Waals surface area contributed by atoms with E-state index in [2.05, 4.69) is 47.8 Å². The Morgan fingerprint density at radius 2 is 1.88 bits per heavy atom. The van der Waals surface area contributed by atoms with Gasteiger partial charge in [0.2, 0.25) is 0 Å². The van der Waals surface area contributed by atoms with Crippen molar-refractivity contribution in [3.8, 4) is 0 Å². The van der Waals surface area contributed by atoms with Gasteiger partial charge in [0.05, 0.1) is 0 Å². The van der Waals surface area contributed by atoms with Crippen molar-refractivity contribution in [1.82, 2.24) is 5.32 Å². The minimum atomic E-state index is -0.345. The summed E-state index contributed by atoms with van der Waals surface area (Å²) in [7, 11) is 0. The molecule has 122 valence electrons. The highest BCUT2D eigenvalue weighted by Crippen LogP contribution is 2.37. The fourth-order valence-corrected chi connectivity index (χ4v) is 3.66. The molecule has 0 atom stereocenters. The lowest BCUT2D eigenvalue weighted by Crippen LogP contribution is -2.24. The highest BCUT2D eigenvalue weighted by atomic mass is 16.5. The predicted molar refractivity (Wildman–Crippen MR) is 97.3 cm³/mol. The van der Waals surface area contributed by atoms with E-state index in [0.29, 0.717) is 13.2 Å². The van der Waals surface area contributed by atoms with Gasteiger partial charge in [0.1, 0.15) is 6.61 Å². The Morgan fingerprint density at radius 3 is 2.71 bits per heavy atom. The van der Waals surface area contributed by atoms with Gasteiger partial charge in [-0.05, 0) is 57.5 Å². The number of nitrogens with one attached hydrogen (secondary N) is 1. The number of ether oxygens (including phenoxy) is 1. The first-order valence-corrected chi connectivity index (χ1v) is 8.63. The van der Waals surface area contributed by atoms with Gasteiger partial charge in [-0.2, -0.15) is 0 Å². The molecule has 3 nitrogen and oxygen atoms in total. The molecule has 24 heavy (non-hydrogen) atoms. The van der Waals surface area contributed by atoms with Crippen LogP contribution in [0, 0.1) is 0 Å². The molecule has 0 aromatic heterocycles. The van der Waals surface area contributed by atoms with Crippen molar-refractivity contribution in [2.45, 2.75) is 32.8 Å². The van der Waals surface area contributed by atoms with E-state index >= 15 is 0 Å². The summed E-state index contributed by atoms with van der Waals surface area (Å²) in [6, 6.07) is 15.2. The molecule has 3 heteroatoms. The SMILES string of the molecule is CCCNC(=O)OCc1ccc2c3c1ccc1cccc(c13)CC2. The van der Waals surface area contributed by atoms with Gasteiger partial charge in [0.15, 0.2) is 0 Å². The molecule has 0 aliphatic heterocycles. The molecule has 3 aromatic rings. The van der Waals surface area contributed by atoms with Crippen LogP contribution in [0.5, 0.6) is 0 Å². The van der Waals surface area contributed by atoms with Crippen LogP contribution in [0.15, 0.2) is 42.5 Å². The average Bonchev–Trinajstić information content (AvgIpc) is 2.63. The largest absolute Gasteiger partial charge is 0.445 e. The van der Waals surface area contributed by atoms with Gasteiger partial charge in [-0.15, -0.1) is 0 Å². The monoisotopic (exact) mass is 319 g/mol. The molecular formula is C21H21NO2. The van der Waals surface area contributed by atoms with E-state index in [9.17, 15) is 4.79 Å². The second-order valence-electron chi connectivity index (χ2n) is 6.39. The Balaban J connectivity index is 1.75. The summed E-state index contributed by atoms with van der Waals surface area (Å²) in [6.45, 7) is 2.97. The maximum atomic E-state index is 11.7. The number of rotatable bonds is 4. The average molecular weight is 319 g/mol. The lowest BCUT2D eigenvalue weighted by atomic mass is 9.85. The topological polar surface area (TPSA) is 38.3 Å². The van der Waals surface area contributed by atoms with Gasteiger partial charge in [-0.25, -0.2) is 4.79 Å². The van der Waals surface area contributed by atoms with Crippen LogP contribution >= 0.6 is 0 Å². The molecule has 0 saturated carbocycles. The third-order valence-corrected chi connectivity index (χ3v) is 4.83. The quantitative estimate of drug-likeness (QED) is 0.706. The molecule has 1 aliphatic rings. The summed E-state index contributed by atoms with van der Waals surface area (Å²) in [6.07, 6.45) is 2.73. The molecule has 4 rings (SSSR count). The fraction of sp³-hybridized carbons (Fsp3) is 0.286. The number of carbonyl (C=O) groups is 1. The van der Waals surface area contributed by atoms with Gasteiger partial charge in [0.25, 0.3) is 0 Å². The van der Waals surface area contributed by atoms with Crippen LogP contribution in [0.4, 0.5) is 4.79 Å². The number of hydrogen-bond donors (Lipinski definition) is 1. The fourth-order valence-electron chi connectivity index (χ4n) is 3.66. The Labute approximate surface area is 141 Å². The maximum absolute atomic E-state index is 11.7. The molecule has 0 unspecified atom stereocenters. The first-order valence-electron chi connectivity index (χ1n) is 8.63. The molecule has 3 aromatic carbocycles. The molecule has 1 N–H and O–H groups in total. The maximum Gasteiger partial charge on any atom is 0.407 e. The zero-order chi connectivity index (χ0) is 16.5. The van der Waals surface area contributed by atoms with Crippen molar-refractivity contribution in [3.05, 3.63) is 59.2 Å². The number of alkyl carbamates (subject to hydrolysis) is 1. The summed E-state index contributed by atoms with van der Waals surface area (Å²) in [4.78, 5) is 11.7. The van der Waals surface area contributed by atoms with Crippen molar-refractivity contribution in [2.24, 2.45) is 0 Å². The van der Waals surface area contributed by atoms with E-state index in [1.807, 2.05) is 6.92 Å². The third-order valence-electron chi connectivity index (χ3n) is 4.83. The molecule has 0 spiro atoms. The number of amides is 1. The van der Waals surface area contributed by atoms with Gasteiger partial charge in [-0.1, -0.05) is 49.4 Å². The van der Waals surface area contributed by atoms with Crippen molar-refractivity contribution < 1.29 is 9.53 Å². The standard InChI is InChI=1S/C21H21NO2/c1-2-12-22-21(23)24-13-17-9-8-16-7-6-14-4-3-5-15-10-11-18(17)20(16)19(14)15/h3-5,8-11H,2,6-7,12-13H2,1H3,(H,22,23). The molecule has 1 aliphatic carbocycles. The normalized spacial score (nSPS) is 12.7. The molecule has 0 radical (unpaired) electrons. The van der Waals surface area contributed by atoms with Crippen molar-refractivity contribution in [1.29, 1.82) is 0 Å². The van der Waals surface area contributed by atoms with Gasteiger partial charge in [0, 0.05) is 6.54 Å². The minimum absolute atomic E-state index is 0.306. The predicted octanol–water partition coefficient (Wildman–Crippen LogP) is 4.73. The van der Waals surface area contributed by atoms with Crippen LogP contribution in [0.2, 0.25) is 0 Å². The van der Waals surface area contributed by atoms with Crippen molar-refractivity contribution in [3.63, 3.8) is 0 Å². The Bertz CT molecular complexity index is 930. The summed E-state index contributed by atoms with van der Waals surface area (Å²) in [5, 5.41) is 7.95. The van der Waals surface area contributed by atoms with Gasteiger partial charge >= 0.3 is 6.09 Å². The lowest BCUT2D eigenvalue weighted by Gasteiger charge is -2.20. The Hall–Kier alpha value is -2.55. The van der Waals surface area contributed by atoms with E-state index in [-0.39, 0.29) is 6.09 Å². The zero-order valence-electron chi connectivity index (χ0n) is 13.9. The molecule has 0 heterocycles. The van der Waals surface area contributed by atoms with E-state index in [0.717, 1.165) is 24.8 Å². The van der Waals surface area contributed by atoms with Gasteiger partial charge in [-0.3, -0.25) is 0 Å². The lowest BCUT2D eigenvalue weighted by molar-refractivity contribution is 0.140. The molecule has 0 bridgehead atoms. The first kappa shape index (κ1) is 15.0. The number of carbonyl (C=O) groups excluding carboxylic acids is 1. The third kappa shape index (κ3) is 2.50. The molecule has 1 amide bonds. The van der Waals surface area contributed by atoms with Crippen LogP contribution in [0.3, 0.4) is 0 Å². The Morgan fingerprint density at radius 1 is 1.04 bits per heavy atom. The number of benzene rings is 3. The molecule has 0 saturated heterocycles. The molecule has 0 fully saturated rings. The second-order valence-corrected chi connectivity index (χ2v) is 6.39. The van der Waals surface area contributed by atoms with Crippen LogP contribution < -0.4 is 5.32 Å². The van der Waals surface area contributed by atoms with Crippen LogP contribution in [0.25, 0.3) is 21.5 Å².